The number of amides is 1. The summed E-state index contributed by atoms with van der Waals surface area (Å²) in [6.45, 7) is 0.953. The molecule has 2 heterocycles. The molecular weight excluding hydrogens is 310 g/mol. The van der Waals surface area contributed by atoms with Crippen molar-refractivity contribution in [1.82, 2.24) is 0 Å². The first-order valence-electron chi connectivity index (χ1n) is 7.04. The average Bonchev–Trinajstić information content (AvgIpc) is 3.12. The van der Waals surface area contributed by atoms with Crippen molar-refractivity contribution in [2.75, 3.05) is 18.0 Å². The summed E-state index contributed by atoms with van der Waals surface area (Å²) >= 11 is 0. The number of carbonyl (C=O) groups excluding carboxylic acids is 1. The van der Waals surface area contributed by atoms with Crippen LogP contribution in [0, 0.1) is 10.1 Å². The van der Waals surface area contributed by atoms with Crippen molar-refractivity contribution < 1.29 is 14.5 Å². The minimum atomic E-state index is -0.483. The Morgan fingerprint density at radius 1 is 1.45 bits per heavy atom. The van der Waals surface area contributed by atoms with Crippen LogP contribution < -0.4 is 10.6 Å². The summed E-state index contributed by atoms with van der Waals surface area (Å²) in [6.07, 6.45) is 1.60. The topological polar surface area (TPSA) is 98.7 Å². The Kier molecular flexibility index (Phi) is 5.00. The second kappa shape index (κ2) is 6.60. The molecule has 7 nitrogen and oxygen atoms in total. The molecule has 2 N–H and O–H groups in total. The number of nitro benzene ring substituents is 1. The smallest absolute Gasteiger partial charge is 0.271 e. The number of nitrogens with zero attached hydrogens (tertiary/aromatic N) is 2. The third-order valence-electron chi connectivity index (χ3n) is 4.09. The molecule has 0 aromatic heterocycles. The van der Waals surface area contributed by atoms with Crippen LogP contribution in [0.5, 0.6) is 0 Å². The van der Waals surface area contributed by atoms with Gasteiger partial charge in [0.15, 0.2) is 0 Å². The molecule has 0 spiro atoms. The lowest BCUT2D eigenvalue weighted by molar-refractivity contribution is -0.384. The lowest BCUT2D eigenvalue weighted by Gasteiger charge is -2.21. The maximum atomic E-state index is 12.5. The maximum Gasteiger partial charge on any atom is 0.271 e. The first-order chi connectivity index (χ1) is 10.1. The lowest BCUT2D eigenvalue weighted by Crippen LogP contribution is -2.38. The van der Waals surface area contributed by atoms with Crippen LogP contribution in [0.15, 0.2) is 18.2 Å². The summed E-state index contributed by atoms with van der Waals surface area (Å²) in [5.41, 5.74) is 7.15. The molecule has 0 bridgehead atoms. The number of halogens is 1. The predicted octanol–water partition coefficient (Wildman–Crippen LogP) is 1.41. The van der Waals surface area contributed by atoms with Crippen LogP contribution in [0.2, 0.25) is 0 Å². The van der Waals surface area contributed by atoms with Crippen LogP contribution in [-0.4, -0.2) is 36.1 Å². The highest BCUT2D eigenvalue weighted by Crippen LogP contribution is 2.33. The molecule has 0 aliphatic carbocycles. The highest BCUT2D eigenvalue weighted by Gasteiger charge is 2.36. The SMILES string of the molecule is Cl.NC[C@H]1CC[C@@H](C(=O)N2CCc3ccc([N+](=O)[O-])cc32)O1. The van der Waals surface area contributed by atoms with E-state index in [0.29, 0.717) is 31.6 Å². The molecule has 0 unspecified atom stereocenters. The number of ether oxygens (including phenoxy) is 1. The van der Waals surface area contributed by atoms with E-state index in [-0.39, 0.29) is 30.1 Å². The normalized spacial score (nSPS) is 23.0. The molecule has 8 heteroatoms. The van der Waals surface area contributed by atoms with Gasteiger partial charge in [0.05, 0.1) is 16.7 Å². The molecule has 2 aliphatic rings. The number of non-ortho nitro benzene ring substituents is 1. The zero-order chi connectivity index (χ0) is 15.0. The van der Waals surface area contributed by atoms with Gasteiger partial charge >= 0.3 is 0 Å². The Balaban J connectivity index is 0.00000176. The highest BCUT2D eigenvalue weighted by molar-refractivity contribution is 5.98. The van der Waals surface area contributed by atoms with Gasteiger partial charge in [-0.15, -0.1) is 12.4 Å². The Labute approximate surface area is 134 Å². The molecule has 0 radical (unpaired) electrons. The number of nitrogens with two attached hydrogens (primary N) is 1. The first-order valence-corrected chi connectivity index (χ1v) is 7.04. The molecule has 1 saturated heterocycles. The van der Waals surface area contributed by atoms with Gasteiger partial charge in [-0.1, -0.05) is 6.07 Å². The summed E-state index contributed by atoms with van der Waals surface area (Å²) in [5, 5.41) is 10.9. The average molecular weight is 328 g/mol. The Morgan fingerprint density at radius 3 is 2.86 bits per heavy atom. The van der Waals surface area contributed by atoms with Gasteiger partial charge in [0, 0.05) is 25.2 Å². The number of benzene rings is 1. The van der Waals surface area contributed by atoms with Gasteiger partial charge in [0.1, 0.15) is 6.10 Å². The van der Waals surface area contributed by atoms with Gasteiger partial charge in [0.2, 0.25) is 0 Å². The number of fused-ring (bicyclic) bond motifs is 1. The Morgan fingerprint density at radius 2 is 2.23 bits per heavy atom. The number of nitro groups is 1. The predicted molar refractivity (Wildman–Crippen MR) is 83.4 cm³/mol. The monoisotopic (exact) mass is 327 g/mol. The van der Waals surface area contributed by atoms with Crippen molar-refractivity contribution in [3.8, 4) is 0 Å². The van der Waals surface area contributed by atoms with E-state index in [1.54, 1.807) is 11.0 Å². The largest absolute Gasteiger partial charge is 0.364 e. The second-order valence-electron chi connectivity index (χ2n) is 5.37. The van der Waals surface area contributed by atoms with Crippen molar-refractivity contribution in [2.45, 2.75) is 31.5 Å². The van der Waals surface area contributed by atoms with Crippen LogP contribution in [-0.2, 0) is 16.0 Å². The summed E-state index contributed by atoms with van der Waals surface area (Å²) in [4.78, 5) is 24.6. The molecular formula is C14H18ClN3O4. The van der Waals surface area contributed by atoms with Crippen LogP contribution in [0.25, 0.3) is 0 Å². The molecule has 2 atom stereocenters. The van der Waals surface area contributed by atoms with Crippen LogP contribution in [0.4, 0.5) is 11.4 Å². The maximum absolute atomic E-state index is 12.5. The van der Waals surface area contributed by atoms with Crippen molar-refractivity contribution in [3.05, 3.63) is 33.9 Å². The number of hydrogen-bond acceptors (Lipinski definition) is 5. The first kappa shape index (κ1) is 16.7. The summed E-state index contributed by atoms with van der Waals surface area (Å²) in [6, 6.07) is 4.66. The second-order valence-corrected chi connectivity index (χ2v) is 5.37. The van der Waals surface area contributed by atoms with E-state index in [9.17, 15) is 14.9 Å². The standard InChI is InChI=1S/C14H17N3O4.ClH/c15-8-11-3-4-13(21-11)14(18)16-6-5-9-1-2-10(17(19)20)7-12(9)16;/h1-2,7,11,13H,3-6,8,15H2;1H/t11-,13+;/m1./s1. The lowest BCUT2D eigenvalue weighted by atomic mass is 10.1. The van der Waals surface area contributed by atoms with Crippen LogP contribution >= 0.6 is 12.4 Å². The quantitative estimate of drug-likeness (QED) is 0.668. The van der Waals surface area contributed by atoms with E-state index < -0.39 is 11.0 Å². The Hall–Kier alpha value is -1.70. The van der Waals surface area contributed by atoms with Crippen molar-refractivity contribution in [1.29, 1.82) is 0 Å². The molecule has 22 heavy (non-hydrogen) atoms. The van der Waals surface area contributed by atoms with Gasteiger partial charge in [-0.25, -0.2) is 0 Å². The molecule has 3 rings (SSSR count). The fraction of sp³-hybridized carbons (Fsp3) is 0.500. The van der Waals surface area contributed by atoms with Crippen LogP contribution in [0.1, 0.15) is 18.4 Å². The molecule has 1 fully saturated rings. The molecule has 1 aromatic rings. The summed E-state index contributed by atoms with van der Waals surface area (Å²) in [7, 11) is 0. The van der Waals surface area contributed by atoms with Gasteiger partial charge in [-0.3, -0.25) is 14.9 Å². The molecule has 2 aliphatic heterocycles. The van der Waals surface area contributed by atoms with Crippen molar-refractivity contribution >= 4 is 29.7 Å². The molecule has 1 amide bonds. The van der Waals surface area contributed by atoms with E-state index in [0.717, 1.165) is 12.0 Å². The fourth-order valence-electron chi connectivity index (χ4n) is 2.94. The zero-order valence-corrected chi connectivity index (χ0v) is 12.8. The number of rotatable bonds is 3. The van der Waals surface area contributed by atoms with E-state index in [1.807, 2.05) is 0 Å². The third kappa shape index (κ3) is 2.92. The third-order valence-corrected chi connectivity index (χ3v) is 4.09. The van der Waals surface area contributed by atoms with E-state index in [1.165, 1.54) is 12.1 Å². The van der Waals surface area contributed by atoms with Gasteiger partial charge in [-0.2, -0.15) is 0 Å². The van der Waals surface area contributed by atoms with Crippen molar-refractivity contribution in [2.24, 2.45) is 5.73 Å². The van der Waals surface area contributed by atoms with E-state index in [4.69, 9.17) is 10.5 Å². The van der Waals surface area contributed by atoms with Gasteiger partial charge < -0.3 is 15.4 Å². The van der Waals surface area contributed by atoms with E-state index >= 15 is 0 Å². The van der Waals surface area contributed by atoms with Gasteiger partial charge in [0.25, 0.3) is 11.6 Å². The minimum absolute atomic E-state index is 0. The fourth-order valence-corrected chi connectivity index (χ4v) is 2.94. The number of carbonyl (C=O) groups is 1. The van der Waals surface area contributed by atoms with Crippen LogP contribution in [0.3, 0.4) is 0 Å². The number of hydrogen-bond donors (Lipinski definition) is 1. The van der Waals surface area contributed by atoms with E-state index in [2.05, 4.69) is 0 Å². The Bertz CT molecular complexity index is 595. The van der Waals surface area contributed by atoms with Gasteiger partial charge in [-0.05, 0) is 24.8 Å². The summed E-state index contributed by atoms with van der Waals surface area (Å²) < 4.78 is 5.63. The number of anilines is 1. The highest BCUT2D eigenvalue weighted by atomic mass is 35.5. The molecule has 120 valence electrons. The zero-order valence-electron chi connectivity index (χ0n) is 11.9. The summed E-state index contributed by atoms with van der Waals surface area (Å²) in [5.74, 6) is -0.120. The molecule has 1 aromatic carbocycles. The minimum Gasteiger partial charge on any atom is -0.364 e. The van der Waals surface area contributed by atoms with Crippen molar-refractivity contribution in [3.63, 3.8) is 0 Å². The molecule has 0 saturated carbocycles.